The van der Waals surface area contributed by atoms with Crippen molar-refractivity contribution in [3.05, 3.63) is 12.2 Å². The van der Waals surface area contributed by atoms with E-state index in [1.807, 2.05) is 6.92 Å². The van der Waals surface area contributed by atoms with Gasteiger partial charge in [0.1, 0.15) is 0 Å². The molecule has 1 aliphatic rings. The molecule has 0 aromatic carbocycles. The maximum Gasteiger partial charge on any atom is 0.169 e. The molecule has 1 N–H and O–H groups in total. The molecule has 0 radical (unpaired) electrons. The fraction of sp³-hybridized carbons (Fsp3) is 0.727. The Morgan fingerprint density at radius 2 is 2.29 bits per heavy atom. The van der Waals surface area contributed by atoms with E-state index in [0.717, 1.165) is 23.8 Å². The number of rotatable bonds is 2. The quantitative estimate of drug-likeness (QED) is 0.558. The van der Waals surface area contributed by atoms with Gasteiger partial charge in [0.05, 0.1) is 0 Å². The molecule has 1 unspecified atom stereocenters. The summed E-state index contributed by atoms with van der Waals surface area (Å²) in [5, 5.41) is 4.13. The van der Waals surface area contributed by atoms with Gasteiger partial charge in [-0.3, -0.25) is 0 Å². The van der Waals surface area contributed by atoms with Crippen LogP contribution in [-0.4, -0.2) is 29.1 Å². The van der Waals surface area contributed by atoms with E-state index in [0.29, 0.717) is 6.04 Å². The second-order valence-electron chi connectivity index (χ2n) is 4.15. The van der Waals surface area contributed by atoms with Crippen LogP contribution < -0.4 is 5.32 Å². The maximum absolute atomic E-state index is 5.34. The lowest BCUT2D eigenvalue weighted by Gasteiger charge is -2.35. The zero-order chi connectivity index (χ0) is 10.6. The van der Waals surface area contributed by atoms with E-state index in [9.17, 15) is 0 Å². The average molecular weight is 212 g/mol. The first-order valence-electron chi connectivity index (χ1n) is 5.30. The normalized spacial score (nSPS) is 21.9. The van der Waals surface area contributed by atoms with Gasteiger partial charge in [-0.05, 0) is 45.3 Å². The fourth-order valence-electron chi connectivity index (χ4n) is 1.73. The SMILES string of the molecule is C=C(C)CNC(=S)N1CCCCC1C. The summed E-state index contributed by atoms with van der Waals surface area (Å²) in [4.78, 5) is 2.29. The highest BCUT2D eigenvalue weighted by Crippen LogP contribution is 2.16. The van der Waals surface area contributed by atoms with E-state index < -0.39 is 0 Å². The van der Waals surface area contributed by atoms with Crippen LogP contribution in [0.25, 0.3) is 0 Å². The minimum atomic E-state index is 0.592. The molecule has 3 heteroatoms. The van der Waals surface area contributed by atoms with E-state index in [2.05, 4.69) is 23.7 Å². The van der Waals surface area contributed by atoms with Crippen LogP contribution >= 0.6 is 12.2 Å². The third-order valence-electron chi connectivity index (χ3n) is 2.61. The molecule has 1 atom stereocenters. The summed E-state index contributed by atoms with van der Waals surface area (Å²) in [7, 11) is 0. The van der Waals surface area contributed by atoms with Crippen LogP contribution in [0, 0.1) is 0 Å². The Morgan fingerprint density at radius 3 is 2.86 bits per heavy atom. The van der Waals surface area contributed by atoms with Crippen molar-refractivity contribution < 1.29 is 0 Å². The topological polar surface area (TPSA) is 15.3 Å². The first kappa shape index (κ1) is 11.5. The summed E-state index contributed by atoms with van der Waals surface area (Å²) in [6, 6.07) is 0.592. The number of likely N-dealkylation sites (tertiary alicyclic amines) is 1. The first-order chi connectivity index (χ1) is 6.61. The molecule has 2 nitrogen and oxygen atoms in total. The van der Waals surface area contributed by atoms with Gasteiger partial charge in [-0.1, -0.05) is 12.2 Å². The van der Waals surface area contributed by atoms with Crippen LogP contribution in [0.4, 0.5) is 0 Å². The summed E-state index contributed by atoms with van der Waals surface area (Å²) in [6.07, 6.45) is 3.86. The molecule has 14 heavy (non-hydrogen) atoms. The van der Waals surface area contributed by atoms with Crippen molar-refractivity contribution in [3.63, 3.8) is 0 Å². The Bertz CT molecular complexity index is 225. The molecule has 0 aliphatic carbocycles. The van der Waals surface area contributed by atoms with Crippen molar-refractivity contribution >= 4 is 17.3 Å². The third-order valence-corrected chi connectivity index (χ3v) is 2.98. The minimum absolute atomic E-state index is 0.592. The lowest BCUT2D eigenvalue weighted by Crippen LogP contribution is -2.47. The van der Waals surface area contributed by atoms with E-state index in [1.54, 1.807) is 0 Å². The smallest absolute Gasteiger partial charge is 0.169 e. The Labute approximate surface area is 92.4 Å². The van der Waals surface area contributed by atoms with Gasteiger partial charge in [0.2, 0.25) is 0 Å². The molecule has 1 heterocycles. The first-order valence-corrected chi connectivity index (χ1v) is 5.71. The molecule has 1 rings (SSSR count). The molecule has 0 spiro atoms. The predicted octanol–water partition coefficient (Wildman–Crippen LogP) is 2.31. The van der Waals surface area contributed by atoms with Gasteiger partial charge in [0.15, 0.2) is 5.11 Å². The van der Waals surface area contributed by atoms with Crippen LogP contribution in [-0.2, 0) is 0 Å². The average Bonchev–Trinajstić information content (AvgIpc) is 2.15. The van der Waals surface area contributed by atoms with Crippen molar-refractivity contribution in [2.75, 3.05) is 13.1 Å². The van der Waals surface area contributed by atoms with E-state index in [4.69, 9.17) is 12.2 Å². The fourth-order valence-corrected chi connectivity index (χ4v) is 2.07. The summed E-state index contributed by atoms with van der Waals surface area (Å²) in [5.41, 5.74) is 1.12. The van der Waals surface area contributed by atoms with Crippen molar-refractivity contribution in [1.29, 1.82) is 0 Å². The van der Waals surface area contributed by atoms with Gasteiger partial charge in [0.25, 0.3) is 0 Å². The predicted molar refractivity (Wildman–Crippen MR) is 65.4 cm³/mol. The van der Waals surface area contributed by atoms with Crippen molar-refractivity contribution in [3.8, 4) is 0 Å². The highest BCUT2D eigenvalue weighted by atomic mass is 32.1. The van der Waals surface area contributed by atoms with Crippen LogP contribution in [0.5, 0.6) is 0 Å². The van der Waals surface area contributed by atoms with Crippen LogP contribution in [0.2, 0.25) is 0 Å². The molecule has 0 aromatic rings. The lowest BCUT2D eigenvalue weighted by molar-refractivity contribution is 0.256. The zero-order valence-corrected chi connectivity index (χ0v) is 9.99. The maximum atomic E-state index is 5.34. The van der Waals surface area contributed by atoms with Crippen LogP contribution in [0.1, 0.15) is 33.1 Å². The van der Waals surface area contributed by atoms with E-state index in [-0.39, 0.29) is 0 Å². The minimum Gasteiger partial charge on any atom is -0.359 e. The van der Waals surface area contributed by atoms with Crippen molar-refractivity contribution in [1.82, 2.24) is 10.2 Å². The lowest BCUT2D eigenvalue weighted by atomic mass is 10.0. The van der Waals surface area contributed by atoms with Gasteiger partial charge >= 0.3 is 0 Å². The standard InChI is InChI=1S/C11H20N2S/c1-9(2)8-12-11(14)13-7-5-4-6-10(13)3/h10H,1,4-8H2,2-3H3,(H,12,14). The van der Waals surface area contributed by atoms with Crippen molar-refractivity contribution in [2.45, 2.75) is 39.2 Å². The van der Waals surface area contributed by atoms with Gasteiger partial charge in [-0.2, -0.15) is 0 Å². The monoisotopic (exact) mass is 212 g/mol. The van der Waals surface area contributed by atoms with E-state index in [1.165, 1.54) is 19.3 Å². The number of thiocarbonyl (C=S) groups is 1. The molecule has 0 bridgehead atoms. The number of nitrogens with one attached hydrogen (secondary N) is 1. The highest BCUT2D eigenvalue weighted by Gasteiger charge is 2.19. The largest absolute Gasteiger partial charge is 0.359 e. The summed E-state index contributed by atoms with van der Waals surface area (Å²) in [5.74, 6) is 0. The Morgan fingerprint density at radius 1 is 1.57 bits per heavy atom. The summed E-state index contributed by atoms with van der Waals surface area (Å²) < 4.78 is 0. The second kappa shape index (κ2) is 5.35. The van der Waals surface area contributed by atoms with Gasteiger partial charge < -0.3 is 10.2 Å². The summed E-state index contributed by atoms with van der Waals surface area (Å²) >= 11 is 5.34. The van der Waals surface area contributed by atoms with Gasteiger partial charge in [-0.15, -0.1) is 0 Å². The number of piperidine rings is 1. The number of hydrogen-bond donors (Lipinski definition) is 1. The Kier molecular flexibility index (Phi) is 4.39. The Hall–Kier alpha value is -0.570. The van der Waals surface area contributed by atoms with Crippen molar-refractivity contribution in [2.24, 2.45) is 0 Å². The van der Waals surface area contributed by atoms with Gasteiger partial charge in [0, 0.05) is 19.1 Å². The zero-order valence-electron chi connectivity index (χ0n) is 9.18. The molecular formula is C11H20N2S. The number of nitrogens with zero attached hydrogens (tertiary/aromatic N) is 1. The molecular weight excluding hydrogens is 192 g/mol. The molecule has 1 fully saturated rings. The van der Waals surface area contributed by atoms with Gasteiger partial charge in [-0.25, -0.2) is 0 Å². The highest BCUT2D eigenvalue weighted by molar-refractivity contribution is 7.80. The summed E-state index contributed by atoms with van der Waals surface area (Å²) in [6.45, 7) is 10.00. The third kappa shape index (κ3) is 3.29. The molecule has 80 valence electrons. The van der Waals surface area contributed by atoms with Crippen LogP contribution in [0.3, 0.4) is 0 Å². The molecule has 0 aromatic heterocycles. The Balaban J connectivity index is 2.38. The molecule has 1 saturated heterocycles. The van der Waals surface area contributed by atoms with Crippen LogP contribution in [0.15, 0.2) is 12.2 Å². The number of hydrogen-bond acceptors (Lipinski definition) is 1. The van der Waals surface area contributed by atoms with E-state index >= 15 is 0 Å². The molecule has 1 aliphatic heterocycles. The molecule has 0 saturated carbocycles. The second-order valence-corrected chi connectivity index (χ2v) is 4.54. The molecule has 0 amide bonds.